The molecule has 6 nitrogen and oxygen atoms in total. The molecule has 4 aromatic heterocycles. The number of hydrogen-bond donors (Lipinski definition) is 0. The summed E-state index contributed by atoms with van der Waals surface area (Å²) in [5.41, 5.74) is 23.9. The normalized spacial score (nSPS) is 11.9. The first-order chi connectivity index (χ1) is 42.9. The van der Waals surface area contributed by atoms with E-state index >= 15 is 0 Å². The highest BCUT2D eigenvalue weighted by Gasteiger charge is 2.28. The molecule has 17 rings (SSSR count). The molecular formula is C81H58N6. The second-order valence-corrected chi connectivity index (χ2v) is 23.3. The fourth-order valence-electron chi connectivity index (χ4n) is 14.0. The molecule has 0 amide bonds. The van der Waals surface area contributed by atoms with E-state index in [9.17, 15) is 0 Å². The average molecular weight is 1120 g/mol. The van der Waals surface area contributed by atoms with Crippen LogP contribution in [0.3, 0.4) is 0 Å². The van der Waals surface area contributed by atoms with Gasteiger partial charge in [-0.25, -0.2) is 0 Å². The van der Waals surface area contributed by atoms with Crippen molar-refractivity contribution in [2.75, 3.05) is 19.6 Å². The molecule has 0 spiro atoms. The molecule has 0 radical (unpaired) electrons. The Balaban J connectivity index is 0.988. The van der Waals surface area contributed by atoms with Crippen molar-refractivity contribution in [2.24, 2.45) is 0 Å². The van der Waals surface area contributed by atoms with Crippen LogP contribution in [0.2, 0.25) is 0 Å². The number of para-hydroxylation sites is 5. The summed E-state index contributed by atoms with van der Waals surface area (Å²) >= 11 is 0. The van der Waals surface area contributed by atoms with E-state index in [2.05, 4.69) is 346 Å². The van der Waals surface area contributed by atoms with Gasteiger partial charge in [-0.15, -0.1) is 0 Å². The lowest BCUT2D eigenvalue weighted by Gasteiger charge is -2.26. The zero-order chi connectivity index (χ0) is 57.9. The average Bonchev–Trinajstić information content (AvgIpc) is 1.54. The van der Waals surface area contributed by atoms with E-state index in [4.69, 9.17) is 0 Å². The Labute approximate surface area is 504 Å². The Morgan fingerprint density at radius 3 is 0.747 bits per heavy atom. The van der Waals surface area contributed by atoms with Gasteiger partial charge in [-0.2, -0.15) is 0 Å². The zero-order valence-electron chi connectivity index (χ0n) is 48.5. The summed E-state index contributed by atoms with van der Waals surface area (Å²) in [6.07, 6.45) is 0. The molecule has 6 heteroatoms. The topological polar surface area (TPSA) is 21.8 Å². The van der Waals surface area contributed by atoms with Gasteiger partial charge in [0.05, 0.1) is 33.1 Å². The van der Waals surface area contributed by atoms with E-state index in [1.54, 1.807) is 0 Å². The predicted molar refractivity (Wildman–Crippen MR) is 369 cm³/mol. The molecule has 0 unspecified atom stereocenters. The summed E-state index contributed by atoms with van der Waals surface area (Å²) < 4.78 is 5.12. The lowest BCUT2D eigenvalue weighted by molar-refractivity contribution is 1.27. The maximum atomic E-state index is 2.56. The molecule has 412 valence electrons. The Hall–Kier alpha value is -11.3. The van der Waals surface area contributed by atoms with E-state index < -0.39 is 0 Å². The van der Waals surface area contributed by atoms with E-state index in [0.717, 1.165) is 79.3 Å². The number of nitrogens with zero attached hydrogens (tertiary/aromatic N) is 6. The molecule has 0 atom stereocenters. The van der Waals surface area contributed by atoms with Crippen molar-refractivity contribution in [3.8, 4) is 0 Å². The van der Waals surface area contributed by atoms with E-state index in [1.807, 2.05) is 0 Å². The van der Waals surface area contributed by atoms with Crippen molar-refractivity contribution in [1.29, 1.82) is 0 Å². The van der Waals surface area contributed by atoms with Crippen molar-refractivity contribution in [3.05, 3.63) is 314 Å². The van der Waals surface area contributed by atoms with Crippen molar-refractivity contribution in [1.82, 2.24) is 8.80 Å². The Morgan fingerprint density at radius 2 is 0.437 bits per heavy atom. The zero-order valence-corrected chi connectivity index (χ0v) is 48.5. The molecule has 0 saturated heterocycles. The third-order valence-electron chi connectivity index (χ3n) is 17.7. The second kappa shape index (κ2) is 19.9. The van der Waals surface area contributed by atoms with Gasteiger partial charge in [0.2, 0.25) is 0 Å². The standard InChI is InChI=1S/C81H58N6/c1-53-22-19-35-61(42-53)83(58-29-13-6-14-30-58)65-39-41-77-69(46-65)73-48-67(85(60-33-17-8-18-34-60)63-37-21-24-55(3)44-63)50-75-71-51-70-74-49-66(84(59-31-15-7-16-32-59)62-36-20-23-54(2)43-62)47-72-68-45-64(82(56-25-9-4-10-26-56)57-27-11-5-12-28-57)38-40-76(68)86(80(72)74)78(70)52-79(71)87(77)81(73)75/h4-52H,1-3H3. The van der Waals surface area contributed by atoms with Crippen LogP contribution in [0.25, 0.3) is 76.2 Å². The second-order valence-electron chi connectivity index (χ2n) is 23.3. The number of hydrogen-bond acceptors (Lipinski definition) is 4. The van der Waals surface area contributed by atoms with Gasteiger partial charge in [-0.05, 0) is 207 Å². The van der Waals surface area contributed by atoms with Crippen LogP contribution in [-0.2, 0) is 0 Å². The van der Waals surface area contributed by atoms with Crippen molar-refractivity contribution in [2.45, 2.75) is 20.8 Å². The largest absolute Gasteiger partial charge is 0.310 e. The fourth-order valence-corrected chi connectivity index (χ4v) is 14.0. The number of anilines is 12. The van der Waals surface area contributed by atoms with Crippen LogP contribution in [0.5, 0.6) is 0 Å². The molecule has 17 aromatic rings. The van der Waals surface area contributed by atoms with Crippen LogP contribution in [0.1, 0.15) is 16.7 Å². The maximum absolute atomic E-state index is 2.56. The van der Waals surface area contributed by atoms with Gasteiger partial charge in [0.1, 0.15) is 0 Å². The molecule has 0 bridgehead atoms. The maximum Gasteiger partial charge on any atom is 0.0622 e. The monoisotopic (exact) mass is 1110 g/mol. The molecule has 0 aliphatic carbocycles. The van der Waals surface area contributed by atoms with Gasteiger partial charge in [0.15, 0.2) is 0 Å². The quantitative estimate of drug-likeness (QED) is 0.122. The molecule has 4 heterocycles. The summed E-state index contributed by atoms with van der Waals surface area (Å²) in [6.45, 7) is 6.54. The molecule has 87 heavy (non-hydrogen) atoms. The van der Waals surface area contributed by atoms with Gasteiger partial charge in [0.25, 0.3) is 0 Å². The molecule has 0 saturated carbocycles. The Bertz CT molecular complexity index is 5400. The Morgan fingerprint density at radius 1 is 0.184 bits per heavy atom. The summed E-state index contributed by atoms with van der Waals surface area (Å²) in [4.78, 5) is 9.64. The van der Waals surface area contributed by atoms with Gasteiger partial charge in [-0.3, -0.25) is 0 Å². The van der Waals surface area contributed by atoms with E-state index in [1.165, 1.54) is 81.8 Å². The summed E-state index contributed by atoms with van der Waals surface area (Å²) in [5, 5.41) is 9.60. The molecule has 0 aliphatic rings. The van der Waals surface area contributed by atoms with Crippen LogP contribution in [-0.4, -0.2) is 8.80 Å². The van der Waals surface area contributed by atoms with Gasteiger partial charge < -0.3 is 28.4 Å². The molecule has 13 aromatic carbocycles. The summed E-state index contributed by atoms with van der Waals surface area (Å²) in [6, 6.07) is 110. The first kappa shape index (κ1) is 50.2. The first-order valence-electron chi connectivity index (χ1n) is 30.0. The number of fused-ring (bicyclic) bond motifs is 12. The lowest BCUT2D eigenvalue weighted by atomic mass is 10.0. The molecule has 0 fully saturated rings. The van der Waals surface area contributed by atoms with Crippen LogP contribution in [0, 0.1) is 20.8 Å². The van der Waals surface area contributed by atoms with Gasteiger partial charge >= 0.3 is 0 Å². The Kier molecular flexibility index (Phi) is 11.5. The van der Waals surface area contributed by atoms with E-state index in [-0.39, 0.29) is 0 Å². The summed E-state index contributed by atoms with van der Waals surface area (Å²) in [5.74, 6) is 0. The van der Waals surface area contributed by atoms with Crippen LogP contribution < -0.4 is 19.6 Å². The highest BCUT2D eigenvalue weighted by atomic mass is 15.2. The van der Waals surface area contributed by atoms with Crippen LogP contribution >= 0.6 is 0 Å². The van der Waals surface area contributed by atoms with Crippen molar-refractivity contribution in [3.63, 3.8) is 0 Å². The number of benzene rings is 13. The fraction of sp³-hybridized carbons (Fsp3) is 0.0370. The highest BCUT2D eigenvalue weighted by molar-refractivity contribution is 6.30. The minimum absolute atomic E-state index is 1.09. The molecular weight excluding hydrogens is 1060 g/mol. The van der Waals surface area contributed by atoms with Crippen molar-refractivity contribution >= 4 is 144 Å². The minimum Gasteiger partial charge on any atom is -0.310 e. The smallest absolute Gasteiger partial charge is 0.0622 e. The van der Waals surface area contributed by atoms with Crippen LogP contribution in [0.15, 0.2) is 297 Å². The predicted octanol–water partition coefficient (Wildman–Crippen LogP) is 22.8. The van der Waals surface area contributed by atoms with Crippen molar-refractivity contribution < 1.29 is 0 Å². The third kappa shape index (κ3) is 8.10. The first-order valence-corrected chi connectivity index (χ1v) is 30.0. The number of rotatable bonds is 12. The van der Waals surface area contributed by atoms with Crippen LogP contribution in [0.4, 0.5) is 68.2 Å². The SMILES string of the molecule is Cc1cccc(N(c2ccccc2)c2ccc3c(c2)c2cc(N(c4ccccc4)c4cccc(C)c4)cc4c5cc6c7cc(N(c8ccccc8)c8cccc(C)c8)cc8c9cc(N(c%10ccccc%10)c%10ccccc%10)ccc9n(c6cc5n3c24)c87)c1. The van der Waals surface area contributed by atoms with Gasteiger partial charge in [0, 0.05) is 111 Å². The summed E-state index contributed by atoms with van der Waals surface area (Å²) in [7, 11) is 0. The minimum atomic E-state index is 1.09. The number of aryl methyl sites for hydroxylation is 3. The lowest BCUT2D eigenvalue weighted by Crippen LogP contribution is -2.10. The third-order valence-corrected chi connectivity index (χ3v) is 17.7. The molecule has 0 N–H and O–H groups in total. The van der Waals surface area contributed by atoms with Gasteiger partial charge in [-0.1, -0.05) is 127 Å². The molecule has 0 aliphatic heterocycles. The highest BCUT2D eigenvalue weighted by Crippen LogP contribution is 2.51. The van der Waals surface area contributed by atoms with E-state index in [0.29, 0.717) is 0 Å². The number of aromatic nitrogens is 2.